The van der Waals surface area contributed by atoms with Gasteiger partial charge in [0.25, 0.3) is 0 Å². The van der Waals surface area contributed by atoms with Crippen LogP contribution in [0, 0.1) is 5.41 Å². The maximum absolute atomic E-state index is 5.80. The van der Waals surface area contributed by atoms with Crippen LogP contribution >= 0.6 is 24.0 Å². The second-order valence-electron chi connectivity index (χ2n) is 7.49. The van der Waals surface area contributed by atoms with Gasteiger partial charge in [0.15, 0.2) is 5.96 Å². The first-order valence-corrected chi connectivity index (χ1v) is 10.5. The molecule has 0 amide bonds. The van der Waals surface area contributed by atoms with Gasteiger partial charge in [-0.05, 0) is 43.7 Å². The van der Waals surface area contributed by atoms with Gasteiger partial charge < -0.3 is 24.8 Å². The van der Waals surface area contributed by atoms with Gasteiger partial charge in [-0.15, -0.1) is 24.0 Å². The maximum Gasteiger partial charge on any atom is 0.195 e. The number of methoxy groups -OCH3 is 2. The van der Waals surface area contributed by atoms with E-state index in [0.717, 1.165) is 49.9 Å². The zero-order chi connectivity index (χ0) is 20.1. The minimum absolute atomic E-state index is 0. The second-order valence-corrected chi connectivity index (χ2v) is 7.49. The molecule has 0 bridgehead atoms. The quantitative estimate of drug-likeness (QED) is 0.182. The van der Waals surface area contributed by atoms with Gasteiger partial charge in [-0.2, -0.15) is 0 Å². The van der Waals surface area contributed by atoms with E-state index >= 15 is 0 Å². The molecule has 166 valence electrons. The first-order valence-electron chi connectivity index (χ1n) is 10.5. The zero-order valence-corrected chi connectivity index (χ0v) is 20.5. The molecule has 1 saturated carbocycles. The summed E-state index contributed by atoms with van der Waals surface area (Å²) in [4.78, 5) is 4.91. The minimum Gasteiger partial charge on any atom is -0.493 e. The summed E-state index contributed by atoms with van der Waals surface area (Å²) in [6.07, 6.45) is 7.03. The van der Waals surface area contributed by atoms with E-state index in [1.54, 1.807) is 14.2 Å². The van der Waals surface area contributed by atoms with Crippen LogP contribution < -0.4 is 15.4 Å². The number of rotatable bonds is 12. The SMILES string of the molecule is CCNC(=NCC1(CCOC)CCCC1)Nc1cccc(OCCCOC)c1.I. The van der Waals surface area contributed by atoms with E-state index in [9.17, 15) is 0 Å². The third kappa shape index (κ3) is 9.53. The maximum atomic E-state index is 5.80. The van der Waals surface area contributed by atoms with Crippen molar-refractivity contribution in [1.29, 1.82) is 0 Å². The van der Waals surface area contributed by atoms with Crippen molar-refractivity contribution in [1.82, 2.24) is 5.32 Å². The molecule has 0 aromatic heterocycles. The number of benzene rings is 1. The molecule has 2 N–H and O–H groups in total. The van der Waals surface area contributed by atoms with Crippen molar-refractivity contribution in [2.75, 3.05) is 52.4 Å². The molecule has 1 aromatic rings. The first-order chi connectivity index (χ1) is 13.7. The van der Waals surface area contributed by atoms with Crippen LogP contribution in [0.15, 0.2) is 29.3 Å². The summed E-state index contributed by atoms with van der Waals surface area (Å²) in [5.74, 6) is 1.67. The molecule has 0 saturated heterocycles. The standard InChI is InChI=1S/C22H37N3O3.HI/c1-4-23-21(24-18-22(13-16-27-3)11-5-6-12-22)25-19-9-7-10-20(17-19)28-15-8-14-26-2;/h7,9-10,17H,4-6,8,11-16,18H2,1-3H3,(H2,23,24,25);1H. The molecule has 0 radical (unpaired) electrons. The Bertz CT molecular complexity index is 592. The van der Waals surface area contributed by atoms with Crippen LogP contribution in [-0.4, -0.2) is 53.1 Å². The number of anilines is 1. The molecule has 1 aliphatic carbocycles. The molecular formula is C22H38IN3O3. The number of ether oxygens (including phenoxy) is 3. The summed E-state index contributed by atoms with van der Waals surface area (Å²) in [6.45, 7) is 5.90. The highest BCUT2D eigenvalue weighted by molar-refractivity contribution is 14.0. The van der Waals surface area contributed by atoms with Crippen LogP contribution in [0.2, 0.25) is 0 Å². The van der Waals surface area contributed by atoms with Crippen LogP contribution in [0.4, 0.5) is 5.69 Å². The third-order valence-corrected chi connectivity index (χ3v) is 5.28. The lowest BCUT2D eigenvalue weighted by Gasteiger charge is -2.27. The van der Waals surface area contributed by atoms with Crippen LogP contribution in [-0.2, 0) is 9.47 Å². The van der Waals surface area contributed by atoms with Crippen molar-refractivity contribution in [3.05, 3.63) is 24.3 Å². The molecule has 2 rings (SSSR count). The smallest absolute Gasteiger partial charge is 0.195 e. The Balaban J connectivity index is 0.00000420. The Morgan fingerprint density at radius 1 is 1.10 bits per heavy atom. The van der Waals surface area contributed by atoms with Crippen LogP contribution in [0.3, 0.4) is 0 Å². The Kier molecular flexibility index (Phi) is 13.3. The van der Waals surface area contributed by atoms with E-state index in [1.807, 2.05) is 24.3 Å². The number of nitrogens with one attached hydrogen (secondary N) is 2. The van der Waals surface area contributed by atoms with Crippen LogP contribution in [0.25, 0.3) is 0 Å². The predicted molar refractivity (Wildman–Crippen MR) is 131 cm³/mol. The lowest BCUT2D eigenvalue weighted by Crippen LogP contribution is -2.33. The zero-order valence-electron chi connectivity index (χ0n) is 18.2. The number of halogens is 1. The van der Waals surface area contributed by atoms with Gasteiger partial charge in [0.05, 0.1) is 6.61 Å². The van der Waals surface area contributed by atoms with Crippen molar-refractivity contribution in [2.45, 2.75) is 45.4 Å². The summed E-state index contributed by atoms with van der Waals surface area (Å²) >= 11 is 0. The second kappa shape index (κ2) is 14.8. The van der Waals surface area contributed by atoms with E-state index < -0.39 is 0 Å². The number of hydrogen-bond donors (Lipinski definition) is 2. The summed E-state index contributed by atoms with van der Waals surface area (Å²) in [5.41, 5.74) is 1.26. The van der Waals surface area contributed by atoms with Crippen molar-refractivity contribution in [2.24, 2.45) is 10.4 Å². The summed E-state index contributed by atoms with van der Waals surface area (Å²) in [7, 11) is 3.49. The van der Waals surface area contributed by atoms with E-state index in [4.69, 9.17) is 19.2 Å². The molecule has 0 aliphatic heterocycles. The molecule has 0 atom stereocenters. The monoisotopic (exact) mass is 519 g/mol. The largest absolute Gasteiger partial charge is 0.493 e. The van der Waals surface area contributed by atoms with Gasteiger partial charge in [-0.1, -0.05) is 18.9 Å². The highest BCUT2D eigenvalue weighted by atomic mass is 127. The Hall–Kier alpha value is -1.06. The molecule has 6 nitrogen and oxygen atoms in total. The molecule has 0 unspecified atom stereocenters. The fraction of sp³-hybridized carbons (Fsp3) is 0.682. The van der Waals surface area contributed by atoms with E-state index in [0.29, 0.717) is 13.2 Å². The summed E-state index contributed by atoms with van der Waals surface area (Å²) < 4.78 is 16.2. The summed E-state index contributed by atoms with van der Waals surface area (Å²) in [5, 5.41) is 6.78. The lowest BCUT2D eigenvalue weighted by atomic mass is 9.83. The van der Waals surface area contributed by atoms with Gasteiger partial charge in [0.1, 0.15) is 5.75 Å². The topological polar surface area (TPSA) is 64.1 Å². The normalized spacial score (nSPS) is 15.6. The van der Waals surface area contributed by atoms with Crippen LogP contribution in [0.1, 0.15) is 45.4 Å². The fourth-order valence-electron chi connectivity index (χ4n) is 3.68. The molecule has 7 heteroatoms. The number of hydrogen-bond acceptors (Lipinski definition) is 4. The number of guanidine groups is 1. The van der Waals surface area contributed by atoms with E-state index in [-0.39, 0.29) is 29.4 Å². The van der Waals surface area contributed by atoms with Gasteiger partial charge in [-0.25, -0.2) is 0 Å². The average Bonchev–Trinajstić information content (AvgIpc) is 3.18. The molecule has 1 aliphatic rings. The van der Waals surface area contributed by atoms with Crippen LogP contribution in [0.5, 0.6) is 5.75 Å². The fourth-order valence-corrected chi connectivity index (χ4v) is 3.68. The molecule has 0 spiro atoms. The van der Waals surface area contributed by atoms with Crippen molar-refractivity contribution in [3.8, 4) is 5.75 Å². The highest BCUT2D eigenvalue weighted by Gasteiger charge is 2.33. The van der Waals surface area contributed by atoms with Gasteiger partial charge in [0.2, 0.25) is 0 Å². The van der Waals surface area contributed by atoms with E-state index in [2.05, 4.69) is 17.6 Å². The van der Waals surface area contributed by atoms with Gasteiger partial charge in [-0.3, -0.25) is 4.99 Å². The van der Waals surface area contributed by atoms with Crippen molar-refractivity contribution in [3.63, 3.8) is 0 Å². The molecule has 29 heavy (non-hydrogen) atoms. The predicted octanol–water partition coefficient (Wildman–Crippen LogP) is 4.69. The molecule has 1 fully saturated rings. The lowest BCUT2D eigenvalue weighted by molar-refractivity contribution is 0.141. The van der Waals surface area contributed by atoms with Crippen molar-refractivity contribution < 1.29 is 14.2 Å². The number of aliphatic imine (C=N–C) groups is 1. The van der Waals surface area contributed by atoms with E-state index in [1.165, 1.54) is 25.7 Å². The Morgan fingerprint density at radius 3 is 2.55 bits per heavy atom. The Labute approximate surface area is 193 Å². The van der Waals surface area contributed by atoms with Crippen molar-refractivity contribution >= 4 is 35.6 Å². The first kappa shape index (κ1) is 26.0. The Morgan fingerprint density at radius 2 is 1.86 bits per heavy atom. The molecule has 1 aromatic carbocycles. The highest BCUT2D eigenvalue weighted by Crippen LogP contribution is 2.41. The minimum atomic E-state index is 0. The average molecular weight is 519 g/mol. The summed E-state index contributed by atoms with van der Waals surface area (Å²) in [6, 6.07) is 8.01. The van der Waals surface area contributed by atoms with Gasteiger partial charge >= 0.3 is 0 Å². The molecular weight excluding hydrogens is 481 g/mol. The number of nitrogens with zero attached hydrogens (tertiary/aromatic N) is 1. The third-order valence-electron chi connectivity index (χ3n) is 5.28. The molecule has 0 heterocycles. The van der Waals surface area contributed by atoms with Gasteiger partial charge in [0, 0.05) is 58.7 Å².